The van der Waals surface area contributed by atoms with Crippen molar-refractivity contribution in [1.82, 2.24) is 14.9 Å². The van der Waals surface area contributed by atoms with Gasteiger partial charge in [-0.2, -0.15) is 0 Å². The topological polar surface area (TPSA) is 64.6 Å². The zero-order valence-corrected chi connectivity index (χ0v) is 15.2. The Bertz CT molecular complexity index is 1090. The van der Waals surface area contributed by atoms with Crippen molar-refractivity contribution in [3.8, 4) is 22.6 Å². The third-order valence-electron chi connectivity index (χ3n) is 4.31. The van der Waals surface area contributed by atoms with E-state index in [2.05, 4.69) is 14.7 Å². The molecular weight excluding hydrogens is 406 g/mol. The number of aromatic nitrogens is 2. The van der Waals surface area contributed by atoms with Crippen LogP contribution in [0.2, 0.25) is 0 Å². The quantitative estimate of drug-likeness (QED) is 0.574. The largest absolute Gasteiger partial charge is 0.573 e. The molecule has 0 radical (unpaired) electrons. The van der Waals surface area contributed by atoms with E-state index in [9.17, 15) is 22.4 Å². The standard InChI is InChI=1S/C20H13F4N3O3/c21-16-9-14(30-20(22,23)24)3-4-15(16)12-2-5-17-13(8-12)10-27(19(28)29-17)11-18-25-6-1-7-26-18/h1-9H,10-11H2. The van der Waals surface area contributed by atoms with E-state index in [1.54, 1.807) is 24.5 Å². The molecule has 154 valence electrons. The number of nitrogens with zero attached hydrogens (tertiary/aromatic N) is 3. The first kappa shape index (κ1) is 19.6. The van der Waals surface area contributed by atoms with Crippen molar-refractivity contribution in [3.63, 3.8) is 0 Å². The highest BCUT2D eigenvalue weighted by atomic mass is 19.4. The summed E-state index contributed by atoms with van der Waals surface area (Å²) in [5.41, 5.74) is 1.11. The maximum atomic E-state index is 14.4. The Balaban J connectivity index is 1.58. The molecule has 30 heavy (non-hydrogen) atoms. The minimum Gasteiger partial charge on any atom is -0.410 e. The number of hydrogen-bond donors (Lipinski definition) is 0. The minimum atomic E-state index is -4.91. The average Bonchev–Trinajstić information content (AvgIpc) is 2.68. The van der Waals surface area contributed by atoms with E-state index in [1.165, 1.54) is 23.1 Å². The molecule has 0 atom stereocenters. The summed E-state index contributed by atoms with van der Waals surface area (Å²) in [5, 5.41) is 0. The molecule has 1 aliphatic rings. The Morgan fingerprint density at radius 3 is 2.57 bits per heavy atom. The van der Waals surface area contributed by atoms with Gasteiger partial charge < -0.3 is 9.47 Å². The molecule has 2 aromatic carbocycles. The van der Waals surface area contributed by atoms with Gasteiger partial charge in [0.2, 0.25) is 0 Å². The fraction of sp³-hybridized carbons (Fsp3) is 0.150. The molecule has 1 aromatic heterocycles. The first-order valence-electron chi connectivity index (χ1n) is 8.70. The van der Waals surface area contributed by atoms with Crippen molar-refractivity contribution in [2.45, 2.75) is 19.5 Å². The average molecular weight is 419 g/mol. The van der Waals surface area contributed by atoms with Gasteiger partial charge in [-0.25, -0.2) is 19.2 Å². The van der Waals surface area contributed by atoms with Crippen molar-refractivity contribution < 1.29 is 31.8 Å². The number of alkyl halides is 3. The monoisotopic (exact) mass is 419 g/mol. The fourth-order valence-electron chi connectivity index (χ4n) is 3.03. The summed E-state index contributed by atoms with van der Waals surface area (Å²) in [6, 6.07) is 9.19. The summed E-state index contributed by atoms with van der Waals surface area (Å²) >= 11 is 0. The Morgan fingerprint density at radius 2 is 1.87 bits per heavy atom. The van der Waals surface area contributed by atoms with Crippen molar-refractivity contribution in [1.29, 1.82) is 0 Å². The van der Waals surface area contributed by atoms with Gasteiger partial charge in [0, 0.05) is 29.6 Å². The second kappa shape index (κ2) is 7.62. The zero-order valence-electron chi connectivity index (χ0n) is 15.2. The van der Waals surface area contributed by atoms with Crippen LogP contribution >= 0.6 is 0 Å². The molecule has 0 spiro atoms. The summed E-state index contributed by atoms with van der Waals surface area (Å²) in [6.07, 6.45) is -2.37. The lowest BCUT2D eigenvalue weighted by molar-refractivity contribution is -0.274. The van der Waals surface area contributed by atoms with E-state index < -0.39 is 24.0 Å². The second-order valence-corrected chi connectivity index (χ2v) is 6.40. The van der Waals surface area contributed by atoms with Gasteiger partial charge in [-0.05, 0) is 35.9 Å². The molecule has 2 heterocycles. The lowest BCUT2D eigenvalue weighted by Gasteiger charge is -2.27. The Labute approximate surface area is 167 Å². The number of carbonyl (C=O) groups excluding carboxylic acids is 1. The number of hydrogen-bond acceptors (Lipinski definition) is 5. The molecule has 3 aromatic rings. The van der Waals surface area contributed by atoms with Gasteiger partial charge in [0.25, 0.3) is 0 Å². The lowest BCUT2D eigenvalue weighted by atomic mass is 10.0. The van der Waals surface area contributed by atoms with Crippen LogP contribution in [-0.2, 0) is 13.1 Å². The number of halogens is 4. The van der Waals surface area contributed by atoms with Gasteiger partial charge in [0.05, 0.1) is 13.1 Å². The maximum absolute atomic E-state index is 14.4. The minimum absolute atomic E-state index is 0.0853. The molecule has 0 N–H and O–H groups in total. The van der Waals surface area contributed by atoms with Crippen LogP contribution in [0.25, 0.3) is 11.1 Å². The first-order chi connectivity index (χ1) is 14.3. The molecule has 1 aliphatic heterocycles. The predicted molar refractivity (Wildman–Crippen MR) is 95.8 cm³/mol. The van der Waals surface area contributed by atoms with Gasteiger partial charge in [-0.15, -0.1) is 13.2 Å². The van der Waals surface area contributed by atoms with E-state index in [1.807, 2.05) is 0 Å². The van der Waals surface area contributed by atoms with Crippen LogP contribution in [-0.4, -0.2) is 27.3 Å². The summed E-state index contributed by atoms with van der Waals surface area (Å²) in [4.78, 5) is 21.7. The highest BCUT2D eigenvalue weighted by molar-refractivity contribution is 5.75. The molecule has 1 amide bonds. The van der Waals surface area contributed by atoms with Crippen LogP contribution in [0, 0.1) is 5.82 Å². The number of rotatable bonds is 4. The summed E-state index contributed by atoms with van der Waals surface area (Å²) in [5.74, 6) is -0.768. The lowest BCUT2D eigenvalue weighted by Crippen LogP contribution is -2.36. The van der Waals surface area contributed by atoms with E-state index in [0.717, 1.165) is 6.07 Å². The Hall–Kier alpha value is -3.69. The molecule has 0 fully saturated rings. The second-order valence-electron chi connectivity index (χ2n) is 6.40. The van der Waals surface area contributed by atoms with Crippen LogP contribution in [0.15, 0.2) is 54.9 Å². The summed E-state index contributed by atoms with van der Waals surface area (Å²) in [6.45, 7) is 0.304. The van der Waals surface area contributed by atoms with Crippen molar-refractivity contribution in [3.05, 3.63) is 72.1 Å². The van der Waals surface area contributed by atoms with Gasteiger partial charge in [0.15, 0.2) is 0 Å². The molecular formula is C20H13F4N3O3. The molecule has 0 unspecified atom stereocenters. The Morgan fingerprint density at radius 1 is 1.10 bits per heavy atom. The zero-order chi connectivity index (χ0) is 21.3. The molecule has 0 saturated carbocycles. The predicted octanol–water partition coefficient (Wildman–Crippen LogP) is 4.70. The maximum Gasteiger partial charge on any atom is 0.573 e. The number of ether oxygens (including phenoxy) is 2. The fourth-order valence-corrected chi connectivity index (χ4v) is 3.03. The third kappa shape index (κ3) is 4.32. The van der Waals surface area contributed by atoms with Crippen LogP contribution in [0.4, 0.5) is 22.4 Å². The van der Waals surface area contributed by atoms with E-state index in [-0.39, 0.29) is 18.7 Å². The van der Waals surface area contributed by atoms with Gasteiger partial charge in [0.1, 0.15) is 23.1 Å². The third-order valence-corrected chi connectivity index (χ3v) is 4.31. The van der Waals surface area contributed by atoms with Crippen molar-refractivity contribution in [2.24, 2.45) is 0 Å². The number of carbonyl (C=O) groups is 1. The highest BCUT2D eigenvalue weighted by Crippen LogP contribution is 2.34. The van der Waals surface area contributed by atoms with Gasteiger partial charge in [-0.3, -0.25) is 4.90 Å². The van der Waals surface area contributed by atoms with Crippen LogP contribution in [0.1, 0.15) is 11.4 Å². The SMILES string of the molecule is O=C1Oc2ccc(-c3ccc(OC(F)(F)F)cc3F)cc2CN1Cc1ncccn1. The van der Waals surface area contributed by atoms with Crippen molar-refractivity contribution >= 4 is 6.09 Å². The normalized spacial score (nSPS) is 13.6. The summed E-state index contributed by atoms with van der Waals surface area (Å²) in [7, 11) is 0. The molecule has 0 aliphatic carbocycles. The van der Waals surface area contributed by atoms with E-state index in [0.29, 0.717) is 28.8 Å². The number of benzene rings is 2. The van der Waals surface area contributed by atoms with Crippen molar-refractivity contribution in [2.75, 3.05) is 0 Å². The molecule has 6 nitrogen and oxygen atoms in total. The van der Waals surface area contributed by atoms with Gasteiger partial charge in [-0.1, -0.05) is 6.07 Å². The number of fused-ring (bicyclic) bond motifs is 1. The Kier molecular flexibility index (Phi) is 4.98. The van der Waals surface area contributed by atoms with Crippen LogP contribution in [0.5, 0.6) is 11.5 Å². The van der Waals surface area contributed by atoms with Gasteiger partial charge >= 0.3 is 12.5 Å². The summed E-state index contributed by atoms with van der Waals surface area (Å²) < 4.78 is 60.4. The molecule has 10 heteroatoms. The molecule has 0 bridgehead atoms. The van der Waals surface area contributed by atoms with E-state index >= 15 is 0 Å². The van der Waals surface area contributed by atoms with Crippen LogP contribution in [0.3, 0.4) is 0 Å². The van der Waals surface area contributed by atoms with E-state index in [4.69, 9.17) is 4.74 Å². The highest BCUT2D eigenvalue weighted by Gasteiger charge is 2.31. The number of amides is 1. The molecule has 4 rings (SSSR count). The smallest absolute Gasteiger partial charge is 0.410 e. The molecule has 0 saturated heterocycles. The van der Waals surface area contributed by atoms with Crippen LogP contribution < -0.4 is 9.47 Å². The first-order valence-corrected chi connectivity index (χ1v) is 8.70.